The number of hydrogen-bond donors (Lipinski definition) is 1. The molecule has 8 heteroatoms. The molecule has 1 aromatic heterocycles. The molecule has 0 bridgehead atoms. The smallest absolute Gasteiger partial charge is 0.323 e. The van der Waals surface area contributed by atoms with E-state index in [4.69, 9.17) is 14.2 Å². The van der Waals surface area contributed by atoms with Gasteiger partial charge in [0.05, 0.1) is 19.8 Å². The van der Waals surface area contributed by atoms with Crippen LogP contribution in [0.15, 0.2) is 48.5 Å². The molecular weight excluding hydrogens is 458 g/mol. The van der Waals surface area contributed by atoms with Gasteiger partial charge in [0.1, 0.15) is 12.6 Å². The molecule has 3 aromatic rings. The largest absolute Gasteiger partial charge is 0.481 e. The molecule has 8 nitrogen and oxygen atoms in total. The minimum Gasteiger partial charge on any atom is -0.481 e. The van der Waals surface area contributed by atoms with Crippen molar-refractivity contribution in [3.63, 3.8) is 0 Å². The molecule has 1 aliphatic heterocycles. The van der Waals surface area contributed by atoms with Gasteiger partial charge in [0.15, 0.2) is 0 Å². The van der Waals surface area contributed by atoms with Crippen molar-refractivity contribution >= 4 is 5.97 Å². The van der Waals surface area contributed by atoms with Crippen LogP contribution in [0.1, 0.15) is 36.0 Å². The van der Waals surface area contributed by atoms with Crippen LogP contribution in [-0.4, -0.2) is 52.7 Å². The maximum absolute atomic E-state index is 11.9. The van der Waals surface area contributed by atoms with Crippen molar-refractivity contribution in [1.29, 1.82) is 0 Å². The summed E-state index contributed by atoms with van der Waals surface area (Å²) in [7, 11) is 3.06. The summed E-state index contributed by atoms with van der Waals surface area (Å²) in [5.41, 5.74) is 5.21. The van der Waals surface area contributed by atoms with Crippen molar-refractivity contribution in [1.82, 2.24) is 14.9 Å². The van der Waals surface area contributed by atoms with E-state index in [0.717, 1.165) is 41.6 Å². The van der Waals surface area contributed by atoms with Crippen LogP contribution in [0.5, 0.6) is 17.8 Å². The first-order chi connectivity index (χ1) is 17.4. The Labute approximate surface area is 210 Å². The maximum atomic E-state index is 11.9. The zero-order valence-corrected chi connectivity index (χ0v) is 20.9. The molecular formula is C28H31N3O5. The topological polar surface area (TPSA) is 94.0 Å². The Hall–Kier alpha value is -3.65. The lowest BCUT2D eigenvalue weighted by atomic mass is 9.97. The van der Waals surface area contributed by atoms with Gasteiger partial charge in [-0.1, -0.05) is 48.5 Å². The van der Waals surface area contributed by atoms with Gasteiger partial charge in [-0.25, -0.2) is 0 Å². The molecule has 2 fully saturated rings. The SMILES string of the molecule is COc1nc(OCc2cccc(-c3ccccc3)c2C)nc(OC)c1CN1CC2(CC2)C[C@H]1C(=O)O. The van der Waals surface area contributed by atoms with Crippen molar-refractivity contribution in [3.05, 3.63) is 65.2 Å². The molecule has 1 aliphatic carbocycles. The van der Waals surface area contributed by atoms with Gasteiger partial charge < -0.3 is 19.3 Å². The molecule has 2 aromatic carbocycles. The molecule has 0 unspecified atom stereocenters. The Balaban J connectivity index is 1.36. The molecule has 1 spiro atoms. The van der Waals surface area contributed by atoms with Crippen LogP contribution in [0.4, 0.5) is 0 Å². The Bertz CT molecular complexity index is 1230. The minimum absolute atomic E-state index is 0.138. The lowest BCUT2D eigenvalue weighted by Gasteiger charge is -2.23. The van der Waals surface area contributed by atoms with Gasteiger partial charge in [0.25, 0.3) is 0 Å². The van der Waals surface area contributed by atoms with Gasteiger partial charge in [-0.2, -0.15) is 9.97 Å². The van der Waals surface area contributed by atoms with E-state index in [1.54, 1.807) is 0 Å². The fourth-order valence-electron chi connectivity index (χ4n) is 5.17. The van der Waals surface area contributed by atoms with E-state index in [-0.39, 0.29) is 18.0 Å². The summed E-state index contributed by atoms with van der Waals surface area (Å²) in [4.78, 5) is 22.8. The van der Waals surface area contributed by atoms with Gasteiger partial charge in [-0.15, -0.1) is 0 Å². The Kier molecular flexibility index (Phi) is 6.53. The van der Waals surface area contributed by atoms with Crippen LogP contribution >= 0.6 is 0 Å². The Morgan fingerprint density at radius 1 is 1.06 bits per heavy atom. The third-order valence-corrected chi connectivity index (χ3v) is 7.39. The first-order valence-electron chi connectivity index (χ1n) is 12.2. The van der Waals surface area contributed by atoms with Crippen LogP contribution in [0.2, 0.25) is 0 Å². The Morgan fingerprint density at radius 2 is 1.75 bits per heavy atom. The fraction of sp³-hybridized carbons (Fsp3) is 0.393. The predicted octanol–water partition coefficient (Wildman–Crippen LogP) is 4.49. The number of aliphatic carboxylic acids is 1. The molecule has 0 radical (unpaired) electrons. The highest BCUT2D eigenvalue weighted by Gasteiger charge is 2.54. The van der Waals surface area contributed by atoms with E-state index >= 15 is 0 Å². The zero-order valence-electron chi connectivity index (χ0n) is 20.9. The summed E-state index contributed by atoms with van der Waals surface area (Å²) in [6, 6.07) is 16.0. The van der Waals surface area contributed by atoms with E-state index in [9.17, 15) is 9.90 Å². The van der Waals surface area contributed by atoms with Crippen LogP contribution in [0, 0.1) is 12.3 Å². The molecule has 1 saturated heterocycles. The Morgan fingerprint density at radius 3 is 2.36 bits per heavy atom. The monoisotopic (exact) mass is 489 g/mol. The number of methoxy groups -OCH3 is 2. The van der Waals surface area contributed by atoms with Crippen LogP contribution < -0.4 is 14.2 Å². The summed E-state index contributed by atoms with van der Waals surface area (Å²) < 4.78 is 17.1. The average molecular weight is 490 g/mol. The number of benzene rings is 2. The zero-order chi connectivity index (χ0) is 25.3. The van der Waals surface area contributed by atoms with E-state index in [0.29, 0.717) is 30.3 Å². The average Bonchev–Trinajstić information content (AvgIpc) is 3.55. The number of nitrogens with zero attached hydrogens (tertiary/aromatic N) is 3. The molecule has 5 rings (SSSR count). The summed E-state index contributed by atoms with van der Waals surface area (Å²) in [5.74, 6) is -0.148. The molecule has 1 saturated carbocycles. The van der Waals surface area contributed by atoms with Crippen LogP contribution in [0.3, 0.4) is 0 Å². The third-order valence-electron chi connectivity index (χ3n) is 7.39. The summed E-state index contributed by atoms with van der Waals surface area (Å²) in [5, 5.41) is 9.76. The van der Waals surface area contributed by atoms with Crippen molar-refractivity contribution in [2.45, 2.75) is 45.4 Å². The van der Waals surface area contributed by atoms with Gasteiger partial charge >= 0.3 is 12.0 Å². The van der Waals surface area contributed by atoms with Gasteiger partial charge in [0, 0.05) is 13.1 Å². The summed E-state index contributed by atoms with van der Waals surface area (Å²) in [6.45, 7) is 3.44. The van der Waals surface area contributed by atoms with Crippen LogP contribution in [-0.2, 0) is 17.9 Å². The normalized spacial score (nSPS) is 18.2. The number of rotatable bonds is 9. The van der Waals surface area contributed by atoms with E-state index < -0.39 is 12.0 Å². The molecule has 2 aliphatic rings. The molecule has 188 valence electrons. The molecule has 36 heavy (non-hydrogen) atoms. The van der Waals surface area contributed by atoms with Gasteiger partial charge in [0.2, 0.25) is 11.8 Å². The molecule has 1 atom stereocenters. The van der Waals surface area contributed by atoms with Crippen molar-refractivity contribution in [3.8, 4) is 28.9 Å². The van der Waals surface area contributed by atoms with E-state index in [1.165, 1.54) is 14.2 Å². The summed E-state index contributed by atoms with van der Waals surface area (Å²) in [6.07, 6.45) is 2.84. The van der Waals surface area contributed by atoms with Gasteiger partial charge in [-0.05, 0) is 53.9 Å². The number of carbonyl (C=O) groups is 1. The quantitative estimate of drug-likeness (QED) is 0.470. The number of aromatic nitrogens is 2. The standard InChI is InChI=1S/C28H31N3O5/c1-18-20(10-7-11-21(18)19-8-5-4-6-9-19)16-36-27-29-24(34-2)22(25(30-27)35-3)15-31-17-28(12-13-28)14-23(31)26(32)33/h4-11,23H,12-17H2,1-3H3,(H,32,33)/t23-/m0/s1. The number of ether oxygens (including phenoxy) is 3. The van der Waals surface area contributed by atoms with E-state index in [1.807, 2.05) is 35.2 Å². The third kappa shape index (κ3) is 4.73. The molecule has 0 amide bonds. The van der Waals surface area contributed by atoms with E-state index in [2.05, 4.69) is 35.1 Å². The second kappa shape index (κ2) is 9.78. The fourth-order valence-corrected chi connectivity index (χ4v) is 5.17. The number of hydrogen-bond acceptors (Lipinski definition) is 7. The van der Waals surface area contributed by atoms with Crippen LogP contribution in [0.25, 0.3) is 11.1 Å². The molecule has 2 heterocycles. The first-order valence-corrected chi connectivity index (χ1v) is 12.2. The highest BCUT2D eigenvalue weighted by atomic mass is 16.5. The second-order valence-electron chi connectivity index (χ2n) is 9.71. The highest BCUT2D eigenvalue weighted by Crippen LogP contribution is 2.55. The number of carboxylic acids is 1. The van der Waals surface area contributed by atoms with Crippen molar-refractivity contribution in [2.75, 3.05) is 20.8 Å². The van der Waals surface area contributed by atoms with Crippen molar-refractivity contribution in [2.24, 2.45) is 5.41 Å². The number of likely N-dealkylation sites (tertiary alicyclic amines) is 1. The predicted molar refractivity (Wildman–Crippen MR) is 134 cm³/mol. The second-order valence-corrected chi connectivity index (χ2v) is 9.71. The van der Waals surface area contributed by atoms with Gasteiger partial charge in [-0.3, -0.25) is 9.69 Å². The maximum Gasteiger partial charge on any atom is 0.323 e. The number of carboxylic acid groups (broad SMARTS) is 1. The summed E-state index contributed by atoms with van der Waals surface area (Å²) >= 11 is 0. The lowest BCUT2D eigenvalue weighted by Crippen LogP contribution is -2.35. The first kappa shape index (κ1) is 24.1. The minimum atomic E-state index is -0.800. The van der Waals surface area contributed by atoms with Crippen molar-refractivity contribution < 1.29 is 24.1 Å². The lowest BCUT2D eigenvalue weighted by molar-refractivity contribution is -0.142. The molecule has 1 N–H and O–H groups in total. The highest BCUT2D eigenvalue weighted by molar-refractivity contribution is 5.74.